The zero-order valence-corrected chi connectivity index (χ0v) is 49.1. The maximum absolute atomic E-state index is 15.0. The Bertz CT molecular complexity index is 3090. The Morgan fingerprint density at radius 1 is 0.659 bits per heavy atom. The molecule has 0 aromatic heterocycles. The first-order valence-corrected chi connectivity index (χ1v) is 30.5. The van der Waals surface area contributed by atoms with Gasteiger partial charge in [-0.05, 0) is 110 Å². The lowest BCUT2D eigenvalue weighted by molar-refractivity contribution is -0.137. The van der Waals surface area contributed by atoms with E-state index in [1.807, 2.05) is 0 Å². The summed E-state index contributed by atoms with van der Waals surface area (Å²) < 4.78 is 0. The summed E-state index contributed by atoms with van der Waals surface area (Å²) in [6.45, 7) is 1.45. The fourth-order valence-corrected chi connectivity index (χ4v) is 11.7. The first-order valence-electron chi connectivity index (χ1n) is 27.6. The summed E-state index contributed by atoms with van der Waals surface area (Å²) in [5.74, 6) is -8.72. The minimum atomic E-state index is -1.75. The smallest absolute Gasteiger partial charge is 0.245 e. The van der Waals surface area contributed by atoms with Gasteiger partial charge in [-0.15, -0.1) is 0 Å². The lowest BCUT2D eigenvalue weighted by atomic mass is 9.90. The molecule has 1 heterocycles. The van der Waals surface area contributed by atoms with E-state index in [1.54, 1.807) is 91.0 Å². The molecule has 85 heavy (non-hydrogen) atoms. The fraction of sp³-hybridized carbons (Fsp3) is 0.361. The van der Waals surface area contributed by atoms with Crippen LogP contribution < -0.4 is 49.1 Å². The second-order valence-electron chi connectivity index (χ2n) is 20.8. The van der Waals surface area contributed by atoms with E-state index in [1.165, 1.54) is 43.3 Å². The number of amides is 7. The zero-order valence-electron chi connectivity index (χ0n) is 46.7. The molecule has 15 N–H and O–H groups in total. The highest BCUT2D eigenvalue weighted by molar-refractivity contribution is 8.76. The molecule has 0 aliphatic carbocycles. The van der Waals surface area contributed by atoms with E-state index in [9.17, 15) is 58.5 Å². The number of phenols is 2. The van der Waals surface area contributed by atoms with E-state index < -0.39 is 108 Å². The number of benzene rings is 5. The Morgan fingerprint density at radius 2 is 1.21 bits per heavy atom. The number of hydrogen-bond donors (Lipinski definition) is 12. The van der Waals surface area contributed by atoms with E-state index >= 15 is 0 Å². The van der Waals surface area contributed by atoms with Crippen LogP contribution in [0.3, 0.4) is 0 Å². The van der Waals surface area contributed by atoms with Crippen molar-refractivity contribution < 1.29 is 58.5 Å². The quantitative estimate of drug-likeness (QED) is 0.0285. The number of Topliss-reactive ketones (excluding diaryl/α,β-unsaturated/α-hetero) is 2. The van der Waals surface area contributed by atoms with Crippen molar-refractivity contribution in [3.63, 3.8) is 0 Å². The number of primary amides is 1. The maximum Gasteiger partial charge on any atom is 0.245 e. The van der Waals surface area contributed by atoms with Crippen molar-refractivity contribution in [1.82, 2.24) is 31.9 Å². The second-order valence-corrected chi connectivity index (χ2v) is 23.8. The van der Waals surface area contributed by atoms with Crippen LogP contribution in [-0.2, 0) is 70.5 Å². The molecular weight excluding hydrogens is 1150 g/mol. The number of unbranched alkanes of at least 4 members (excludes halogenated alkanes) is 1. The van der Waals surface area contributed by atoms with Crippen LogP contribution in [0.4, 0.5) is 0 Å². The Kier molecular flexibility index (Phi) is 25.8. The van der Waals surface area contributed by atoms with E-state index in [0.717, 1.165) is 21.6 Å². The first-order chi connectivity index (χ1) is 40.6. The number of ketones is 2. The summed E-state index contributed by atoms with van der Waals surface area (Å²) in [5.41, 5.74) is 21.4. The minimum absolute atomic E-state index is 0.0311. The van der Waals surface area contributed by atoms with Crippen LogP contribution in [0, 0.1) is 5.92 Å². The Hall–Kier alpha value is -7.80. The van der Waals surface area contributed by atoms with Gasteiger partial charge in [0.1, 0.15) is 41.7 Å². The molecule has 0 saturated carbocycles. The lowest BCUT2D eigenvalue weighted by Crippen LogP contribution is -2.62. The van der Waals surface area contributed by atoms with Gasteiger partial charge in [-0.1, -0.05) is 124 Å². The third-order valence-electron chi connectivity index (χ3n) is 14.1. The molecule has 21 nitrogen and oxygen atoms in total. The van der Waals surface area contributed by atoms with Gasteiger partial charge in [0.2, 0.25) is 41.4 Å². The van der Waals surface area contributed by atoms with Gasteiger partial charge in [-0.3, -0.25) is 43.2 Å². The third kappa shape index (κ3) is 21.3. The number of nitrogens with one attached hydrogen (secondary N) is 6. The number of halogens is 1. The van der Waals surface area contributed by atoms with Crippen molar-refractivity contribution in [3.05, 3.63) is 166 Å². The highest BCUT2D eigenvalue weighted by atomic mass is 35.5. The second kappa shape index (κ2) is 33.0. The summed E-state index contributed by atoms with van der Waals surface area (Å²) in [5, 5.41) is 47.6. The van der Waals surface area contributed by atoms with Gasteiger partial charge in [0.25, 0.3) is 0 Å². The van der Waals surface area contributed by atoms with Gasteiger partial charge in [-0.25, -0.2) is 0 Å². The van der Waals surface area contributed by atoms with Gasteiger partial charge in [0.15, 0.2) is 11.6 Å². The van der Waals surface area contributed by atoms with Crippen LogP contribution >= 0.6 is 33.2 Å². The number of phenolic OH excluding ortho intramolecular Hbond substituents is 2. The van der Waals surface area contributed by atoms with Crippen molar-refractivity contribution >= 4 is 86.1 Å². The standard InChI is InChI=1S/C61H72ClN9O12S2/c1-35(72)54-61(83)70-51(60(82)67-48(55(65)77)29-39-18-24-45(74)25-19-39)34-85-84-33-50(69-57(79)46(64)28-37-14-20-43(62)21-15-37)53(76)32-42(27-36-16-22-44(73)23-17-36)56(78)68-49(59(81)66-47(58(80)71-54)9-5-6-26-63)30-38-10-12-40(13-11-38)31-52(75)41-7-3-2-4-8-41/h2-4,7-8,10-25,35,42,46-51,54,72-74H,5-6,9,26-34,63-64H2,1H3,(H2,65,77)(H,66,81)(H,67,82)(H,68,78)(H,69,79)(H,70,83)(H,71,80)/t35-,42-,46+,47+,48?,49-,50-,51+,54+/m1/s1. The number of aliphatic hydroxyl groups is 1. The van der Waals surface area contributed by atoms with Gasteiger partial charge in [-0.2, -0.15) is 0 Å². The van der Waals surface area contributed by atoms with E-state index in [0.29, 0.717) is 51.2 Å². The molecule has 24 heteroatoms. The monoisotopic (exact) mass is 1220 g/mol. The number of nitrogens with two attached hydrogens (primary N) is 3. The van der Waals surface area contributed by atoms with Crippen LogP contribution in [0.1, 0.15) is 70.8 Å². The molecule has 1 saturated heterocycles. The first kappa shape index (κ1) is 66.3. The zero-order chi connectivity index (χ0) is 61.6. The topological polar surface area (TPSA) is 365 Å². The highest BCUT2D eigenvalue weighted by Crippen LogP contribution is 2.26. The molecule has 7 amide bonds. The number of hydrogen-bond acceptors (Lipinski definition) is 16. The number of aliphatic hydroxyl groups excluding tert-OH is 1. The van der Waals surface area contributed by atoms with Crippen molar-refractivity contribution in [1.29, 1.82) is 0 Å². The molecule has 6 rings (SSSR count). The third-order valence-corrected chi connectivity index (χ3v) is 16.7. The van der Waals surface area contributed by atoms with Crippen LogP contribution in [0.5, 0.6) is 11.5 Å². The van der Waals surface area contributed by atoms with Gasteiger partial charge in [0, 0.05) is 53.7 Å². The van der Waals surface area contributed by atoms with Crippen molar-refractivity contribution in [3.8, 4) is 11.5 Å². The predicted molar refractivity (Wildman–Crippen MR) is 325 cm³/mol. The molecular formula is C61H72ClN9O12S2. The molecule has 452 valence electrons. The summed E-state index contributed by atoms with van der Waals surface area (Å²) in [6.07, 6.45) is -1.72. The van der Waals surface area contributed by atoms with Crippen LogP contribution in [0.2, 0.25) is 5.02 Å². The molecule has 1 fully saturated rings. The average Bonchev–Trinajstić information content (AvgIpc) is 3.62. The normalized spacial score (nSPS) is 20.5. The van der Waals surface area contributed by atoms with Crippen molar-refractivity contribution in [2.24, 2.45) is 23.1 Å². The number of rotatable bonds is 21. The Morgan fingerprint density at radius 3 is 1.84 bits per heavy atom. The highest BCUT2D eigenvalue weighted by Gasteiger charge is 2.37. The molecule has 1 unspecified atom stereocenters. The van der Waals surface area contributed by atoms with E-state index in [4.69, 9.17) is 28.8 Å². The lowest BCUT2D eigenvalue weighted by Gasteiger charge is -2.29. The molecule has 0 bridgehead atoms. The maximum atomic E-state index is 15.0. The van der Waals surface area contributed by atoms with E-state index in [2.05, 4.69) is 31.9 Å². The minimum Gasteiger partial charge on any atom is -0.508 e. The summed E-state index contributed by atoms with van der Waals surface area (Å²) in [4.78, 5) is 128. The van der Waals surface area contributed by atoms with Crippen molar-refractivity contribution in [2.75, 3.05) is 18.1 Å². The molecule has 5 aromatic rings. The molecule has 1 aliphatic rings. The summed E-state index contributed by atoms with van der Waals surface area (Å²) in [6, 6.07) is 24.0. The average molecular weight is 1220 g/mol. The number of aromatic hydroxyl groups is 2. The molecule has 0 spiro atoms. The molecule has 9 atom stereocenters. The summed E-state index contributed by atoms with van der Waals surface area (Å²) >= 11 is 6.10. The van der Waals surface area contributed by atoms with Crippen LogP contribution in [-0.4, -0.2) is 135 Å². The molecule has 5 aromatic carbocycles. The predicted octanol–water partition coefficient (Wildman–Crippen LogP) is 2.65. The van der Waals surface area contributed by atoms with Crippen molar-refractivity contribution in [2.45, 2.75) is 113 Å². The van der Waals surface area contributed by atoms with E-state index in [-0.39, 0.29) is 73.9 Å². The molecule has 1 aliphatic heterocycles. The fourth-order valence-electron chi connectivity index (χ4n) is 9.19. The molecule has 0 radical (unpaired) electrons. The Labute approximate surface area is 505 Å². The largest absolute Gasteiger partial charge is 0.508 e. The number of carbonyl (C=O) groups is 9. The van der Waals surface area contributed by atoms with Gasteiger partial charge in [0.05, 0.1) is 18.2 Å². The van der Waals surface area contributed by atoms with Crippen LogP contribution in [0.15, 0.2) is 127 Å². The number of carbonyl (C=O) groups excluding carboxylic acids is 9. The van der Waals surface area contributed by atoms with Crippen LogP contribution in [0.25, 0.3) is 0 Å². The summed E-state index contributed by atoms with van der Waals surface area (Å²) in [7, 11) is 1.99. The SMILES string of the molecule is C[C@@H](O)[C@@H]1NC(=O)[C@H](CCCCN)NC(=O)[C@@H](Cc2ccc(CC(=O)c3ccccc3)cc2)NC(=O)[C@H](Cc2ccc(O)cc2)CC(=O)[C@H](NC(=O)[C@@H](N)Cc2ccc(Cl)cc2)CSSC[C@@H](C(=O)NC(Cc2ccc(O)cc2)C(N)=O)NC1=O. The van der Waals surface area contributed by atoms with Gasteiger partial charge < -0.3 is 64.4 Å². The Balaban J connectivity index is 1.39. The van der Waals surface area contributed by atoms with Gasteiger partial charge >= 0.3 is 0 Å².